The number of nitriles is 1. The number of aromatic amines is 1. The Morgan fingerprint density at radius 3 is 2.38 bits per heavy atom. The molecule has 0 fully saturated rings. The number of benzene rings is 1. The first-order valence-electron chi connectivity index (χ1n) is 5.96. The van der Waals surface area contributed by atoms with E-state index in [1.807, 2.05) is 6.07 Å². The van der Waals surface area contributed by atoms with Gasteiger partial charge in [-0.3, -0.25) is 4.79 Å². The Kier molecular flexibility index (Phi) is 4.50. The van der Waals surface area contributed by atoms with Crippen LogP contribution in [0.4, 0.5) is 0 Å². The van der Waals surface area contributed by atoms with E-state index >= 15 is 0 Å². The SMILES string of the molecule is COc1cccc(OC)c1-c1nc(SC)[nH]c(=O)c1C#N. The molecule has 0 aliphatic carbocycles. The van der Waals surface area contributed by atoms with Crippen LogP contribution in [0.5, 0.6) is 11.5 Å². The molecule has 0 aliphatic rings. The summed E-state index contributed by atoms with van der Waals surface area (Å²) in [6.45, 7) is 0. The molecule has 6 nitrogen and oxygen atoms in total. The van der Waals surface area contributed by atoms with E-state index in [1.54, 1.807) is 24.5 Å². The van der Waals surface area contributed by atoms with Gasteiger partial charge >= 0.3 is 0 Å². The molecule has 0 atom stereocenters. The van der Waals surface area contributed by atoms with E-state index in [0.29, 0.717) is 22.2 Å². The Morgan fingerprint density at radius 2 is 1.90 bits per heavy atom. The molecule has 21 heavy (non-hydrogen) atoms. The fraction of sp³-hybridized carbons (Fsp3) is 0.214. The van der Waals surface area contributed by atoms with E-state index in [-0.39, 0.29) is 11.3 Å². The summed E-state index contributed by atoms with van der Waals surface area (Å²) >= 11 is 1.28. The third kappa shape index (κ3) is 2.71. The number of thioether (sulfide) groups is 1. The van der Waals surface area contributed by atoms with Gasteiger partial charge in [0.2, 0.25) is 0 Å². The summed E-state index contributed by atoms with van der Waals surface area (Å²) < 4.78 is 10.6. The molecule has 0 radical (unpaired) electrons. The van der Waals surface area contributed by atoms with Crippen LogP contribution in [0.1, 0.15) is 5.56 Å². The fourth-order valence-electron chi connectivity index (χ4n) is 1.92. The van der Waals surface area contributed by atoms with Crippen LogP contribution >= 0.6 is 11.8 Å². The van der Waals surface area contributed by atoms with Crippen LogP contribution in [-0.2, 0) is 0 Å². The van der Waals surface area contributed by atoms with E-state index in [4.69, 9.17) is 9.47 Å². The summed E-state index contributed by atoms with van der Waals surface area (Å²) in [4.78, 5) is 18.9. The summed E-state index contributed by atoms with van der Waals surface area (Å²) in [6.07, 6.45) is 1.79. The van der Waals surface area contributed by atoms with Gasteiger partial charge in [0.1, 0.15) is 28.8 Å². The first-order chi connectivity index (χ1) is 10.2. The third-order valence-corrected chi connectivity index (χ3v) is 3.45. The Hall–Kier alpha value is -2.46. The smallest absolute Gasteiger partial charge is 0.270 e. The highest BCUT2D eigenvalue weighted by molar-refractivity contribution is 7.98. The minimum absolute atomic E-state index is 0.0735. The molecule has 1 heterocycles. The lowest BCUT2D eigenvalue weighted by Crippen LogP contribution is -2.15. The minimum atomic E-state index is -0.486. The van der Waals surface area contributed by atoms with Crippen LogP contribution in [0.25, 0.3) is 11.3 Å². The normalized spacial score (nSPS) is 10.0. The number of hydrogen-bond acceptors (Lipinski definition) is 6. The van der Waals surface area contributed by atoms with Gasteiger partial charge in [-0.2, -0.15) is 5.26 Å². The molecule has 0 unspecified atom stereocenters. The quantitative estimate of drug-likeness (QED) is 0.687. The van der Waals surface area contributed by atoms with Crippen molar-refractivity contribution in [2.45, 2.75) is 5.16 Å². The van der Waals surface area contributed by atoms with E-state index in [9.17, 15) is 10.1 Å². The van der Waals surface area contributed by atoms with Gasteiger partial charge in [-0.25, -0.2) is 4.98 Å². The number of methoxy groups -OCH3 is 2. The molecule has 0 saturated carbocycles. The van der Waals surface area contributed by atoms with Gasteiger partial charge in [0.05, 0.1) is 19.8 Å². The highest BCUT2D eigenvalue weighted by atomic mass is 32.2. The van der Waals surface area contributed by atoms with Crippen molar-refractivity contribution in [2.75, 3.05) is 20.5 Å². The molecule has 0 saturated heterocycles. The van der Waals surface area contributed by atoms with Gasteiger partial charge in [-0.05, 0) is 18.4 Å². The van der Waals surface area contributed by atoms with Crippen molar-refractivity contribution in [2.24, 2.45) is 0 Å². The number of rotatable bonds is 4. The summed E-state index contributed by atoms with van der Waals surface area (Å²) in [6, 6.07) is 7.10. The van der Waals surface area contributed by atoms with E-state index in [0.717, 1.165) is 0 Å². The fourth-order valence-corrected chi connectivity index (χ4v) is 2.30. The lowest BCUT2D eigenvalue weighted by molar-refractivity contribution is 0.397. The van der Waals surface area contributed by atoms with Gasteiger partial charge in [0.25, 0.3) is 5.56 Å². The van der Waals surface area contributed by atoms with Crippen molar-refractivity contribution in [3.05, 3.63) is 34.1 Å². The second kappa shape index (κ2) is 6.33. The van der Waals surface area contributed by atoms with E-state index in [1.165, 1.54) is 26.0 Å². The maximum absolute atomic E-state index is 12.0. The second-order valence-corrected chi connectivity index (χ2v) is 4.74. The molecular formula is C14H13N3O3S. The highest BCUT2D eigenvalue weighted by Gasteiger charge is 2.20. The zero-order valence-electron chi connectivity index (χ0n) is 11.8. The molecule has 108 valence electrons. The van der Waals surface area contributed by atoms with E-state index in [2.05, 4.69) is 9.97 Å². The van der Waals surface area contributed by atoms with Crippen molar-refractivity contribution in [1.82, 2.24) is 9.97 Å². The third-order valence-electron chi connectivity index (χ3n) is 2.87. The average Bonchev–Trinajstić information content (AvgIpc) is 2.52. The molecule has 2 rings (SSSR count). The van der Waals surface area contributed by atoms with Crippen LogP contribution in [0.3, 0.4) is 0 Å². The number of hydrogen-bond donors (Lipinski definition) is 1. The van der Waals surface area contributed by atoms with E-state index < -0.39 is 5.56 Å². The molecule has 7 heteroatoms. The summed E-state index contributed by atoms with van der Waals surface area (Å²) in [5, 5.41) is 9.67. The van der Waals surface area contributed by atoms with Crippen LogP contribution in [0.15, 0.2) is 28.2 Å². The molecule has 1 N–H and O–H groups in total. The maximum Gasteiger partial charge on any atom is 0.270 e. The van der Waals surface area contributed by atoms with Crippen LogP contribution in [0, 0.1) is 11.3 Å². The van der Waals surface area contributed by atoms with Gasteiger partial charge in [-0.15, -0.1) is 0 Å². The monoisotopic (exact) mass is 303 g/mol. The molecule has 0 aliphatic heterocycles. The number of nitrogens with zero attached hydrogens (tertiary/aromatic N) is 2. The zero-order chi connectivity index (χ0) is 15.4. The Labute approximate surface area is 125 Å². The van der Waals surface area contributed by atoms with Crippen molar-refractivity contribution in [1.29, 1.82) is 5.26 Å². The Morgan fingerprint density at radius 1 is 1.29 bits per heavy atom. The summed E-state index contributed by atoms with van der Waals surface area (Å²) in [5.41, 5.74) is 0.177. The van der Waals surface area contributed by atoms with Crippen LogP contribution in [0.2, 0.25) is 0 Å². The molecule has 2 aromatic rings. The Bertz CT molecular complexity index is 743. The minimum Gasteiger partial charge on any atom is -0.496 e. The molecular weight excluding hydrogens is 290 g/mol. The first-order valence-corrected chi connectivity index (χ1v) is 7.18. The summed E-state index contributed by atoms with van der Waals surface area (Å²) in [7, 11) is 3.01. The van der Waals surface area contributed by atoms with Crippen molar-refractivity contribution in [3.8, 4) is 28.8 Å². The molecule has 1 aromatic carbocycles. The van der Waals surface area contributed by atoms with Crippen molar-refractivity contribution < 1.29 is 9.47 Å². The lowest BCUT2D eigenvalue weighted by Gasteiger charge is -2.13. The van der Waals surface area contributed by atoms with Gasteiger partial charge in [0, 0.05) is 0 Å². The molecule has 1 aromatic heterocycles. The number of ether oxygens (including phenoxy) is 2. The van der Waals surface area contributed by atoms with Crippen LogP contribution < -0.4 is 15.0 Å². The van der Waals surface area contributed by atoms with Crippen LogP contribution in [-0.4, -0.2) is 30.4 Å². The zero-order valence-corrected chi connectivity index (χ0v) is 12.6. The largest absolute Gasteiger partial charge is 0.496 e. The average molecular weight is 303 g/mol. The topological polar surface area (TPSA) is 88.0 Å². The molecule has 0 amide bonds. The number of nitrogens with one attached hydrogen (secondary N) is 1. The molecule has 0 bridgehead atoms. The predicted molar refractivity (Wildman–Crippen MR) is 79.9 cm³/mol. The standard InChI is InChI=1S/C14H13N3O3S/c1-19-9-5-4-6-10(20-2)11(9)12-8(7-15)13(18)17-14(16-12)21-3/h4-6H,1-3H3,(H,16,17,18). The predicted octanol–water partition coefficient (Wildman–Crippen LogP) is 2.05. The van der Waals surface area contributed by atoms with Gasteiger partial charge < -0.3 is 14.5 Å². The Balaban J connectivity index is 2.87. The maximum atomic E-state index is 12.0. The van der Waals surface area contributed by atoms with Crippen molar-refractivity contribution >= 4 is 11.8 Å². The highest BCUT2D eigenvalue weighted by Crippen LogP contribution is 2.38. The lowest BCUT2D eigenvalue weighted by atomic mass is 10.1. The molecule has 0 spiro atoms. The van der Waals surface area contributed by atoms with Gasteiger partial charge in [-0.1, -0.05) is 17.8 Å². The summed E-state index contributed by atoms with van der Waals surface area (Å²) in [5.74, 6) is 0.965. The number of H-pyrrole nitrogens is 1. The first kappa shape index (κ1) is 14.9. The second-order valence-electron chi connectivity index (χ2n) is 3.95. The van der Waals surface area contributed by atoms with Crippen molar-refractivity contribution in [3.63, 3.8) is 0 Å². The van der Waals surface area contributed by atoms with Gasteiger partial charge in [0.15, 0.2) is 5.16 Å². The number of aromatic nitrogens is 2.